The quantitative estimate of drug-likeness (QED) is 0.815. The molecule has 120 valence electrons. The Labute approximate surface area is 140 Å². The molecule has 1 aliphatic rings. The summed E-state index contributed by atoms with van der Waals surface area (Å²) >= 11 is 1.63. The maximum absolute atomic E-state index is 12.2. The van der Waals surface area contributed by atoms with Gasteiger partial charge in [-0.15, -0.1) is 11.8 Å². The van der Waals surface area contributed by atoms with Crippen molar-refractivity contribution >= 4 is 17.7 Å². The van der Waals surface area contributed by atoms with E-state index in [1.54, 1.807) is 18.9 Å². The molecule has 1 heterocycles. The van der Waals surface area contributed by atoms with E-state index in [1.165, 1.54) is 0 Å². The summed E-state index contributed by atoms with van der Waals surface area (Å²) in [6.45, 7) is 1.03. The van der Waals surface area contributed by atoms with Gasteiger partial charge >= 0.3 is 0 Å². The van der Waals surface area contributed by atoms with Crippen molar-refractivity contribution in [2.75, 3.05) is 26.0 Å². The van der Waals surface area contributed by atoms with Crippen molar-refractivity contribution < 1.29 is 14.3 Å². The fourth-order valence-corrected chi connectivity index (χ4v) is 3.85. The number of hydrogen-bond acceptors (Lipinski definition) is 4. The highest BCUT2D eigenvalue weighted by molar-refractivity contribution is 8.00. The van der Waals surface area contributed by atoms with E-state index in [1.807, 2.05) is 59.5 Å². The Morgan fingerprint density at radius 3 is 2.65 bits per heavy atom. The first-order valence-electron chi connectivity index (χ1n) is 7.51. The standard InChI is InChI=1S/C18H19NO3S/c1-21-16-10-6-5-9-15(16)18-19(17(20)13-23-18)11-12-22-14-7-3-2-4-8-14/h2-10,18H,11-13H2,1H3. The van der Waals surface area contributed by atoms with Crippen LogP contribution in [0.5, 0.6) is 11.5 Å². The molecule has 1 fully saturated rings. The van der Waals surface area contributed by atoms with E-state index in [2.05, 4.69) is 0 Å². The topological polar surface area (TPSA) is 38.8 Å². The second kappa shape index (κ2) is 7.42. The Kier molecular flexibility index (Phi) is 5.08. The summed E-state index contributed by atoms with van der Waals surface area (Å²) in [5, 5.41) is -0.0157. The lowest BCUT2D eigenvalue weighted by atomic mass is 10.2. The minimum absolute atomic E-state index is 0.0157. The molecule has 1 unspecified atom stereocenters. The van der Waals surface area contributed by atoms with Gasteiger partial charge < -0.3 is 14.4 Å². The molecule has 1 saturated heterocycles. The van der Waals surface area contributed by atoms with Gasteiger partial charge in [0.05, 0.1) is 19.4 Å². The van der Waals surface area contributed by atoms with Gasteiger partial charge in [-0.3, -0.25) is 4.79 Å². The Morgan fingerprint density at radius 2 is 1.87 bits per heavy atom. The van der Waals surface area contributed by atoms with Gasteiger partial charge in [0, 0.05) is 5.56 Å². The third-order valence-corrected chi connectivity index (χ3v) is 4.95. The number of methoxy groups -OCH3 is 1. The smallest absolute Gasteiger partial charge is 0.233 e. The van der Waals surface area contributed by atoms with Crippen LogP contribution in [0.4, 0.5) is 0 Å². The number of benzene rings is 2. The van der Waals surface area contributed by atoms with Crippen molar-refractivity contribution in [3.63, 3.8) is 0 Å². The van der Waals surface area contributed by atoms with Crippen LogP contribution in [-0.2, 0) is 4.79 Å². The molecule has 0 spiro atoms. The van der Waals surface area contributed by atoms with Crippen molar-refractivity contribution in [1.82, 2.24) is 4.90 Å². The maximum atomic E-state index is 12.2. The number of para-hydroxylation sites is 2. The van der Waals surface area contributed by atoms with Gasteiger partial charge in [-0.25, -0.2) is 0 Å². The first-order valence-corrected chi connectivity index (χ1v) is 8.56. The number of carbonyl (C=O) groups excluding carboxylic acids is 1. The van der Waals surface area contributed by atoms with Crippen LogP contribution in [-0.4, -0.2) is 36.8 Å². The molecule has 1 aliphatic heterocycles. The molecule has 4 nitrogen and oxygen atoms in total. The zero-order valence-corrected chi connectivity index (χ0v) is 13.8. The zero-order valence-electron chi connectivity index (χ0n) is 13.0. The third-order valence-electron chi connectivity index (χ3n) is 3.72. The van der Waals surface area contributed by atoms with Crippen LogP contribution < -0.4 is 9.47 Å². The van der Waals surface area contributed by atoms with Crippen molar-refractivity contribution in [3.05, 3.63) is 60.2 Å². The van der Waals surface area contributed by atoms with Crippen LogP contribution in [0.15, 0.2) is 54.6 Å². The average Bonchev–Trinajstić information content (AvgIpc) is 2.96. The van der Waals surface area contributed by atoms with Gasteiger partial charge in [-0.05, 0) is 18.2 Å². The predicted octanol–water partition coefficient (Wildman–Crippen LogP) is 3.35. The molecule has 0 N–H and O–H groups in total. The fourth-order valence-electron chi connectivity index (χ4n) is 2.60. The van der Waals surface area contributed by atoms with Crippen LogP contribution in [0.1, 0.15) is 10.9 Å². The molecule has 0 aliphatic carbocycles. The number of thioether (sulfide) groups is 1. The SMILES string of the molecule is COc1ccccc1C1SCC(=O)N1CCOc1ccccc1. The van der Waals surface area contributed by atoms with E-state index in [9.17, 15) is 4.79 Å². The second-order valence-corrected chi connectivity index (χ2v) is 6.22. The van der Waals surface area contributed by atoms with E-state index < -0.39 is 0 Å². The molecule has 2 aromatic rings. The number of carbonyl (C=O) groups is 1. The Balaban J connectivity index is 1.68. The van der Waals surface area contributed by atoms with Gasteiger partial charge in [0.25, 0.3) is 0 Å². The highest BCUT2D eigenvalue weighted by atomic mass is 32.2. The van der Waals surface area contributed by atoms with Crippen LogP contribution >= 0.6 is 11.8 Å². The lowest BCUT2D eigenvalue weighted by molar-refractivity contribution is -0.128. The second-order valence-electron chi connectivity index (χ2n) is 5.15. The van der Waals surface area contributed by atoms with Crippen LogP contribution in [0.25, 0.3) is 0 Å². The fraction of sp³-hybridized carbons (Fsp3) is 0.278. The third kappa shape index (κ3) is 3.62. The maximum Gasteiger partial charge on any atom is 0.233 e. The van der Waals surface area contributed by atoms with E-state index in [-0.39, 0.29) is 11.3 Å². The average molecular weight is 329 g/mol. The first-order chi connectivity index (χ1) is 11.3. The van der Waals surface area contributed by atoms with Crippen LogP contribution in [0.2, 0.25) is 0 Å². The van der Waals surface area contributed by atoms with Crippen molar-refractivity contribution in [3.8, 4) is 11.5 Å². The number of rotatable bonds is 6. The zero-order chi connectivity index (χ0) is 16.1. The molecule has 0 radical (unpaired) electrons. The van der Waals surface area contributed by atoms with Gasteiger partial charge in [0.1, 0.15) is 23.5 Å². The Hall–Kier alpha value is -2.14. The van der Waals surface area contributed by atoms with E-state index in [4.69, 9.17) is 9.47 Å². The highest BCUT2D eigenvalue weighted by Gasteiger charge is 2.34. The first kappa shape index (κ1) is 15.7. The molecule has 1 atom stereocenters. The molecule has 5 heteroatoms. The van der Waals surface area contributed by atoms with Gasteiger partial charge in [-0.1, -0.05) is 36.4 Å². The Morgan fingerprint density at radius 1 is 1.13 bits per heavy atom. The van der Waals surface area contributed by atoms with Crippen molar-refractivity contribution in [2.24, 2.45) is 0 Å². The normalized spacial score (nSPS) is 17.3. The van der Waals surface area contributed by atoms with Gasteiger partial charge in [-0.2, -0.15) is 0 Å². The number of amides is 1. The molecule has 0 aromatic heterocycles. The minimum atomic E-state index is -0.0157. The number of ether oxygens (including phenoxy) is 2. The molecule has 1 amide bonds. The largest absolute Gasteiger partial charge is 0.496 e. The summed E-state index contributed by atoms with van der Waals surface area (Å²) in [6, 6.07) is 17.5. The highest BCUT2D eigenvalue weighted by Crippen LogP contribution is 2.42. The molecular weight excluding hydrogens is 310 g/mol. The van der Waals surface area contributed by atoms with E-state index in [0.717, 1.165) is 17.1 Å². The summed E-state index contributed by atoms with van der Waals surface area (Å²) < 4.78 is 11.2. The Bertz CT molecular complexity index is 662. The van der Waals surface area contributed by atoms with E-state index in [0.29, 0.717) is 18.9 Å². The minimum Gasteiger partial charge on any atom is -0.496 e. The monoisotopic (exact) mass is 329 g/mol. The molecule has 3 rings (SSSR count). The van der Waals surface area contributed by atoms with Crippen molar-refractivity contribution in [2.45, 2.75) is 5.37 Å². The number of hydrogen-bond donors (Lipinski definition) is 0. The van der Waals surface area contributed by atoms with Crippen molar-refractivity contribution in [1.29, 1.82) is 0 Å². The van der Waals surface area contributed by atoms with Crippen LogP contribution in [0.3, 0.4) is 0 Å². The summed E-state index contributed by atoms with van der Waals surface area (Å²) in [5.74, 6) is 2.27. The lowest BCUT2D eigenvalue weighted by Gasteiger charge is -2.25. The number of nitrogens with zero attached hydrogens (tertiary/aromatic N) is 1. The summed E-state index contributed by atoms with van der Waals surface area (Å²) in [6.07, 6.45) is 0. The molecule has 23 heavy (non-hydrogen) atoms. The molecular formula is C18H19NO3S. The van der Waals surface area contributed by atoms with Gasteiger partial charge in [0.15, 0.2) is 0 Å². The predicted molar refractivity (Wildman–Crippen MR) is 91.8 cm³/mol. The molecule has 0 saturated carbocycles. The summed E-state index contributed by atoms with van der Waals surface area (Å²) in [7, 11) is 1.66. The molecule has 0 bridgehead atoms. The lowest BCUT2D eigenvalue weighted by Crippen LogP contribution is -2.32. The summed E-state index contributed by atoms with van der Waals surface area (Å²) in [4.78, 5) is 14.1. The van der Waals surface area contributed by atoms with Gasteiger partial charge in [0.2, 0.25) is 5.91 Å². The van der Waals surface area contributed by atoms with Crippen LogP contribution in [0, 0.1) is 0 Å². The van der Waals surface area contributed by atoms with E-state index >= 15 is 0 Å². The molecule has 2 aromatic carbocycles. The summed E-state index contributed by atoms with van der Waals surface area (Å²) in [5.41, 5.74) is 1.03.